The zero-order chi connectivity index (χ0) is 21.6. The Morgan fingerprint density at radius 3 is 2.31 bits per heavy atom. The highest BCUT2D eigenvalue weighted by atomic mass is 35.5. The Labute approximate surface area is 174 Å². The summed E-state index contributed by atoms with van der Waals surface area (Å²) in [6.45, 7) is 0. The van der Waals surface area contributed by atoms with E-state index in [1.54, 1.807) is 0 Å². The Bertz CT molecular complexity index is 999. The van der Waals surface area contributed by atoms with Gasteiger partial charge in [-0.2, -0.15) is 18.4 Å². The third kappa shape index (κ3) is 6.52. The lowest BCUT2D eigenvalue weighted by Crippen LogP contribution is -2.22. The van der Waals surface area contributed by atoms with Gasteiger partial charge in [-0.15, -0.1) is 0 Å². The van der Waals surface area contributed by atoms with E-state index >= 15 is 0 Å². The minimum absolute atomic E-state index is 0.0924. The van der Waals surface area contributed by atoms with Crippen molar-refractivity contribution in [2.45, 2.75) is 12.1 Å². The van der Waals surface area contributed by atoms with Crippen molar-refractivity contribution in [3.8, 4) is 6.07 Å². The maximum Gasteiger partial charge on any atom is 0.399 e. The molecule has 2 aromatic carbocycles. The number of aliphatic imine (C=N–C) groups is 2. The monoisotopic (exact) mass is 439 g/mol. The second-order valence-corrected chi connectivity index (χ2v) is 6.64. The van der Waals surface area contributed by atoms with Crippen LogP contribution in [-0.4, -0.2) is 18.5 Å². The number of nitrogens with two attached hydrogens (primary N) is 2. The van der Waals surface area contributed by atoms with Crippen LogP contribution in [0.1, 0.15) is 22.6 Å². The van der Waals surface area contributed by atoms with Crippen LogP contribution in [0, 0.1) is 11.3 Å². The normalized spacial score (nSPS) is 12.8. The molecule has 0 amide bonds. The number of allylic oxidation sites excluding steroid dienone is 1. The highest BCUT2D eigenvalue weighted by Gasteiger charge is 2.39. The molecule has 0 bridgehead atoms. The summed E-state index contributed by atoms with van der Waals surface area (Å²) in [6, 6.07) is 10.1. The maximum absolute atomic E-state index is 13.5. The van der Waals surface area contributed by atoms with Crippen LogP contribution in [0.2, 0.25) is 10.0 Å². The minimum atomic E-state index is -4.56. The van der Waals surface area contributed by atoms with Crippen molar-refractivity contribution in [2.24, 2.45) is 21.5 Å². The molecule has 10 heteroatoms. The van der Waals surface area contributed by atoms with Crippen molar-refractivity contribution >= 4 is 47.3 Å². The number of guanidine groups is 1. The van der Waals surface area contributed by atoms with Crippen LogP contribution in [0.25, 0.3) is 6.08 Å². The van der Waals surface area contributed by atoms with Gasteiger partial charge >= 0.3 is 6.18 Å². The molecule has 0 aromatic heterocycles. The van der Waals surface area contributed by atoms with Crippen molar-refractivity contribution in [3.63, 3.8) is 0 Å². The van der Waals surface area contributed by atoms with E-state index in [1.807, 2.05) is 6.07 Å². The van der Waals surface area contributed by atoms with Gasteiger partial charge in [-0.05, 0) is 41.5 Å². The molecule has 1 unspecified atom stereocenters. The van der Waals surface area contributed by atoms with E-state index < -0.39 is 12.1 Å². The van der Waals surface area contributed by atoms with Crippen LogP contribution in [0.3, 0.4) is 0 Å². The molecule has 5 nitrogen and oxygen atoms in total. The zero-order valence-electron chi connectivity index (χ0n) is 14.7. The molecule has 0 saturated heterocycles. The molecule has 0 radical (unpaired) electrons. The molecule has 150 valence electrons. The molecule has 0 aliphatic carbocycles. The van der Waals surface area contributed by atoms with Crippen LogP contribution in [-0.2, 0) is 0 Å². The molecule has 0 spiro atoms. The van der Waals surface area contributed by atoms with Crippen molar-refractivity contribution in [2.75, 3.05) is 0 Å². The summed E-state index contributed by atoms with van der Waals surface area (Å²) in [5, 5.41) is 9.46. The summed E-state index contributed by atoms with van der Waals surface area (Å²) >= 11 is 11.7. The van der Waals surface area contributed by atoms with E-state index in [0.29, 0.717) is 5.56 Å². The summed E-state index contributed by atoms with van der Waals surface area (Å²) in [7, 11) is 0. The first kappa shape index (κ1) is 22.3. The van der Waals surface area contributed by atoms with Crippen LogP contribution < -0.4 is 11.5 Å². The fraction of sp³-hybridized carbons (Fsp3) is 0.105. The van der Waals surface area contributed by atoms with E-state index in [2.05, 4.69) is 9.98 Å². The smallest absolute Gasteiger partial charge is 0.370 e. The number of nitrogens with zero attached hydrogens (tertiary/aromatic N) is 3. The first-order chi connectivity index (χ1) is 13.6. The van der Waals surface area contributed by atoms with Crippen LogP contribution in [0.5, 0.6) is 0 Å². The predicted octanol–water partition coefficient (Wildman–Crippen LogP) is 5.16. The second kappa shape index (κ2) is 9.45. The Kier molecular flexibility index (Phi) is 7.26. The summed E-state index contributed by atoms with van der Waals surface area (Å²) in [4.78, 5) is 7.49. The lowest BCUT2D eigenvalue weighted by molar-refractivity contribution is -0.139. The van der Waals surface area contributed by atoms with Gasteiger partial charge in [0.05, 0.1) is 17.2 Å². The van der Waals surface area contributed by atoms with Crippen LogP contribution in [0.15, 0.2) is 52.5 Å². The number of rotatable bonds is 5. The van der Waals surface area contributed by atoms with Gasteiger partial charge in [0.25, 0.3) is 0 Å². The largest absolute Gasteiger partial charge is 0.399 e. The van der Waals surface area contributed by atoms with Gasteiger partial charge in [-0.1, -0.05) is 41.4 Å². The summed E-state index contributed by atoms with van der Waals surface area (Å²) in [6.07, 6.45) is -1.26. The van der Waals surface area contributed by atoms with Crippen molar-refractivity contribution in [3.05, 3.63) is 69.2 Å². The van der Waals surface area contributed by atoms with Gasteiger partial charge in [0, 0.05) is 10.0 Å². The topological polar surface area (TPSA) is 101 Å². The number of nitriles is 1. The number of hydrogen-bond acceptors (Lipinski definition) is 2. The second-order valence-electron chi connectivity index (χ2n) is 5.77. The first-order valence-electron chi connectivity index (χ1n) is 7.96. The van der Waals surface area contributed by atoms with Crippen LogP contribution in [0.4, 0.5) is 18.9 Å². The van der Waals surface area contributed by atoms with Crippen molar-refractivity contribution in [1.82, 2.24) is 0 Å². The zero-order valence-corrected chi connectivity index (χ0v) is 16.2. The Morgan fingerprint density at radius 2 is 1.76 bits per heavy atom. The predicted molar refractivity (Wildman–Crippen MR) is 109 cm³/mol. The molecular weight excluding hydrogens is 426 g/mol. The highest BCUT2D eigenvalue weighted by Crippen LogP contribution is 2.38. The highest BCUT2D eigenvalue weighted by molar-refractivity contribution is 6.34. The minimum Gasteiger partial charge on any atom is -0.370 e. The molecule has 0 saturated carbocycles. The Morgan fingerprint density at radius 1 is 1.10 bits per heavy atom. The summed E-state index contributed by atoms with van der Waals surface area (Å²) in [5.74, 6) is -2.13. The van der Waals surface area contributed by atoms with Gasteiger partial charge < -0.3 is 11.5 Å². The third-order valence-electron chi connectivity index (χ3n) is 3.62. The summed E-state index contributed by atoms with van der Waals surface area (Å²) < 4.78 is 40.6. The van der Waals surface area contributed by atoms with Crippen molar-refractivity contribution in [1.29, 1.82) is 5.26 Å². The maximum atomic E-state index is 13.5. The van der Waals surface area contributed by atoms with E-state index in [1.165, 1.54) is 42.5 Å². The number of benzene rings is 2. The number of hydrogen-bond donors (Lipinski definition) is 2. The summed E-state index contributed by atoms with van der Waals surface area (Å²) in [5.41, 5.74) is 11.0. The van der Waals surface area contributed by atoms with E-state index in [4.69, 9.17) is 34.7 Å². The molecule has 29 heavy (non-hydrogen) atoms. The van der Waals surface area contributed by atoms with E-state index in [9.17, 15) is 18.4 Å². The van der Waals surface area contributed by atoms with Gasteiger partial charge in [0.15, 0.2) is 5.96 Å². The van der Waals surface area contributed by atoms with Gasteiger partial charge in [0.2, 0.25) is 0 Å². The molecule has 0 aliphatic rings. The van der Waals surface area contributed by atoms with Crippen molar-refractivity contribution < 1.29 is 13.2 Å². The molecule has 2 aromatic rings. The Hall–Kier alpha value is -3.02. The standard InChI is InChI=1S/C19H14Cl2F3N5/c20-14-6-12(7-15(21)8-14)16(19(22,23)24)3-1-11-2-4-17(13(5-11)9-25)28-10-29-18(26)27/h1-8,10,16H,(H4,26,27,28,29)/b3-1+. The number of alkyl halides is 3. The molecule has 0 fully saturated rings. The van der Waals surface area contributed by atoms with E-state index in [-0.39, 0.29) is 32.8 Å². The molecule has 0 aliphatic heterocycles. The molecule has 4 N–H and O–H groups in total. The average Bonchev–Trinajstić information content (AvgIpc) is 2.60. The molecule has 0 heterocycles. The lowest BCUT2D eigenvalue weighted by atomic mass is 9.96. The lowest BCUT2D eigenvalue weighted by Gasteiger charge is -2.18. The first-order valence-corrected chi connectivity index (χ1v) is 8.72. The molecular formula is C19H14Cl2F3N5. The SMILES string of the molecule is N#Cc1cc(/C=C/C(c2cc(Cl)cc(Cl)c2)C(F)(F)F)ccc1N=CN=C(N)N. The fourth-order valence-electron chi connectivity index (χ4n) is 2.39. The molecule has 2 rings (SSSR count). The Balaban J connectivity index is 2.37. The fourth-order valence-corrected chi connectivity index (χ4v) is 2.93. The van der Waals surface area contributed by atoms with Gasteiger partial charge in [-0.3, -0.25) is 0 Å². The number of halogens is 5. The third-order valence-corrected chi connectivity index (χ3v) is 4.06. The average molecular weight is 440 g/mol. The van der Waals surface area contributed by atoms with E-state index in [0.717, 1.165) is 12.4 Å². The van der Waals surface area contributed by atoms with Gasteiger partial charge in [0.1, 0.15) is 12.4 Å². The van der Waals surface area contributed by atoms with Gasteiger partial charge in [-0.25, -0.2) is 9.98 Å². The molecule has 1 atom stereocenters. The van der Waals surface area contributed by atoms with Crippen LogP contribution >= 0.6 is 23.2 Å². The quantitative estimate of drug-likeness (QED) is 0.496.